The van der Waals surface area contributed by atoms with E-state index in [1.807, 2.05) is 0 Å². The van der Waals surface area contributed by atoms with Gasteiger partial charge in [-0.3, -0.25) is 0 Å². The predicted octanol–water partition coefficient (Wildman–Crippen LogP) is 17.3. The van der Waals surface area contributed by atoms with Gasteiger partial charge in [0.25, 0.3) is 0 Å². The third-order valence-corrected chi connectivity index (χ3v) is 10.8. The topological polar surface area (TPSA) is 0 Å². The van der Waals surface area contributed by atoms with E-state index >= 15 is 0 Å². The summed E-state index contributed by atoms with van der Waals surface area (Å²) in [6, 6.07) is 0. The fourth-order valence-electron chi connectivity index (χ4n) is 7.26. The van der Waals surface area contributed by atoms with Crippen molar-refractivity contribution in [3.8, 4) is 0 Å². The van der Waals surface area contributed by atoms with Crippen LogP contribution in [0.3, 0.4) is 0 Å². The minimum atomic E-state index is 1.07. The van der Waals surface area contributed by atoms with Crippen molar-refractivity contribution in [3.05, 3.63) is 0 Å². The first-order valence-electron chi connectivity index (χ1n) is 22.0. The van der Waals surface area contributed by atoms with Crippen LogP contribution in [-0.2, 0) is 0 Å². The maximum absolute atomic E-state index is 4.29. The predicted molar refractivity (Wildman–Crippen MR) is 213 cm³/mol. The Morgan fingerprint density at radius 2 is 0.289 bits per heavy atom. The van der Waals surface area contributed by atoms with Gasteiger partial charge in [-0.05, 0) is 12.2 Å². The molecule has 0 aromatic carbocycles. The molecule has 0 aromatic rings. The lowest BCUT2D eigenvalue weighted by molar-refractivity contribution is 0.509. The van der Waals surface area contributed by atoms with Crippen molar-refractivity contribution < 1.29 is 0 Å². The molecule has 1 heteroatoms. The molecule has 0 atom stereocenters. The number of hydrogen-bond acceptors (Lipinski definition) is 1. The molecule has 0 amide bonds. The minimum Gasteiger partial charge on any atom is -0.179 e. The molecule has 0 aliphatic rings. The molecule has 0 nitrogen and oxygen atoms in total. The third-order valence-electron chi connectivity index (χ3n) is 10.5. The van der Waals surface area contributed by atoms with Crippen LogP contribution >= 0.6 is 12.6 Å². The summed E-state index contributed by atoms with van der Waals surface area (Å²) in [5, 5.41) is 0. The van der Waals surface area contributed by atoms with Crippen LogP contribution in [0.25, 0.3) is 0 Å². The van der Waals surface area contributed by atoms with Gasteiger partial charge in [-0.2, -0.15) is 12.6 Å². The van der Waals surface area contributed by atoms with Crippen LogP contribution in [0.4, 0.5) is 0 Å². The van der Waals surface area contributed by atoms with E-state index in [4.69, 9.17) is 0 Å². The fourth-order valence-corrected chi connectivity index (χ4v) is 7.48. The van der Waals surface area contributed by atoms with E-state index in [9.17, 15) is 0 Å². The van der Waals surface area contributed by atoms with Gasteiger partial charge in [-0.15, -0.1) is 0 Å². The second kappa shape index (κ2) is 44.4. The van der Waals surface area contributed by atoms with Crippen LogP contribution in [0.1, 0.15) is 277 Å². The third kappa shape index (κ3) is 44.4. The average molecular weight is 651 g/mol. The maximum Gasteiger partial charge on any atom is -0.00979 e. The Balaban J connectivity index is 3.03. The lowest BCUT2D eigenvalue weighted by Crippen LogP contribution is -1.85. The molecule has 0 aromatic heterocycles. The summed E-state index contributed by atoms with van der Waals surface area (Å²) in [6.45, 7) is 2.31. The summed E-state index contributed by atoms with van der Waals surface area (Å²) >= 11 is 4.29. The van der Waals surface area contributed by atoms with Gasteiger partial charge in [0.1, 0.15) is 0 Å². The number of hydrogen-bond donors (Lipinski definition) is 1. The van der Waals surface area contributed by atoms with Crippen molar-refractivity contribution in [1.82, 2.24) is 0 Å². The molecule has 0 spiro atoms. The van der Waals surface area contributed by atoms with Gasteiger partial charge in [0.2, 0.25) is 0 Å². The molecular weight excluding hydrogens is 561 g/mol. The van der Waals surface area contributed by atoms with Gasteiger partial charge >= 0.3 is 0 Å². The Hall–Kier alpha value is 0.350. The summed E-state index contributed by atoms with van der Waals surface area (Å²) in [7, 11) is 0. The molecule has 0 rings (SSSR count). The summed E-state index contributed by atoms with van der Waals surface area (Å²) < 4.78 is 0. The molecule has 0 N–H and O–H groups in total. The SMILES string of the molecule is CCCCCCCCCCCCCCCCCCCCCCCCCCCCCCCCCCCCCCCCCCCCS. The summed E-state index contributed by atoms with van der Waals surface area (Å²) in [5.74, 6) is 1.07. The molecule has 0 bridgehead atoms. The van der Waals surface area contributed by atoms with Gasteiger partial charge in [0, 0.05) is 0 Å². The monoisotopic (exact) mass is 651 g/mol. The molecule has 0 unspecified atom stereocenters. The molecule has 0 aliphatic heterocycles. The highest BCUT2D eigenvalue weighted by atomic mass is 32.1. The number of unbranched alkanes of at least 4 members (excludes halogenated alkanes) is 41. The van der Waals surface area contributed by atoms with Crippen LogP contribution in [0.15, 0.2) is 0 Å². The fraction of sp³-hybridized carbons (Fsp3) is 1.00. The molecule has 0 fully saturated rings. The van der Waals surface area contributed by atoms with Gasteiger partial charge in [-0.25, -0.2) is 0 Å². The molecule has 0 heterocycles. The second-order valence-corrected chi connectivity index (χ2v) is 15.7. The minimum absolute atomic E-state index is 1.07. The zero-order valence-corrected chi connectivity index (χ0v) is 32.7. The van der Waals surface area contributed by atoms with E-state index in [1.165, 1.54) is 270 Å². The number of rotatable bonds is 42. The first-order valence-corrected chi connectivity index (χ1v) is 22.7. The Labute approximate surface area is 294 Å². The average Bonchev–Trinajstić information content (AvgIpc) is 3.05. The van der Waals surface area contributed by atoms with Crippen LogP contribution in [0.2, 0.25) is 0 Å². The van der Waals surface area contributed by atoms with E-state index in [-0.39, 0.29) is 0 Å². The first kappa shape index (κ1) is 45.3. The number of thiol groups is 1. The van der Waals surface area contributed by atoms with Crippen molar-refractivity contribution >= 4 is 12.6 Å². The largest absolute Gasteiger partial charge is 0.179 e. The lowest BCUT2D eigenvalue weighted by atomic mass is 10.0. The Morgan fingerprint density at radius 3 is 0.400 bits per heavy atom. The maximum atomic E-state index is 4.29. The van der Waals surface area contributed by atoms with E-state index in [2.05, 4.69) is 19.6 Å². The summed E-state index contributed by atoms with van der Waals surface area (Å²) in [5.41, 5.74) is 0. The highest BCUT2D eigenvalue weighted by Gasteiger charge is 1.98. The summed E-state index contributed by atoms with van der Waals surface area (Å²) in [4.78, 5) is 0. The Morgan fingerprint density at radius 1 is 0.178 bits per heavy atom. The molecule has 0 aliphatic carbocycles. The standard InChI is InChI=1S/C44H90S/c1-2-3-4-5-6-7-8-9-10-11-12-13-14-15-16-17-18-19-20-21-22-23-24-25-26-27-28-29-30-31-32-33-34-35-36-37-38-39-40-41-42-43-44-45/h45H,2-44H2,1H3. The molecule has 45 heavy (non-hydrogen) atoms. The van der Waals surface area contributed by atoms with Crippen LogP contribution in [0.5, 0.6) is 0 Å². The molecule has 0 saturated carbocycles. The van der Waals surface area contributed by atoms with Crippen molar-refractivity contribution in [2.45, 2.75) is 277 Å². The van der Waals surface area contributed by atoms with Gasteiger partial charge in [0.05, 0.1) is 0 Å². The summed E-state index contributed by atoms with van der Waals surface area (Å²) in [6.07, 6.45) is 62.0. The second-order valence-electron chi connectivity index (χ2n) is 15.2. The van der Waals surface area contributed by atoms with Crippen molar-refractivity contribution in [2.24, 2.45) is 0 Å². The molecule has 0 radical (unpaired) electrons. The highest BCUT2D eigenvalue weighted by Crippen LogP contribution is 2.18. The van der Waals surface area contributed by atoms with Crippen molar-refractivity contribution in [1.29, 1.82) is 0 Å². The lowest BCUT2D eigenvalue weighted by Gasteiger charge is -2.05. The van der Waals surface area contributed by atoms with Crippen molar-refractivity contribution in [3.63, 3.8) is 0 Å². The molecular formula is C44H90S. The molecule has 272 valence electrons. The van der Waals surface area contributed by atoms with Gasteiger partial charge in [0.15, 0.2) is 0 Å². The Bertz CT molecular complexity index is 432. The van der Waals surface area contributed by atoms with E-state index < -0.39 is 0 Å². The van der Waals surface area contributed by atoms with Crippen molar-refractivity contribution in [2.75, 3.05) is 5.75 Å². The highest BCUT2D eigenvalue weighted by molar-refractivity contribution is 7.80. The quantitative estimate of drug-likeness (QED) is 0.0493. The normalized spacial score (nSPS) is 11.6. The smallest absolute Gasteiger partial charge is 0.00979 e. The van der Waals surface area contributed by atoms with Crippen LogP contribution in [0, 0.1) is 0 Å². The van der Waals surface area contributed by atoms with Crippen LogP contribution in [-0.4, -0.2) is 5.75 Å². The Kier molecular flexibility index (Phi) is 44.7. The van der Waals surface area contributed by atoms with E-state index in [1.54, 1.807) is 0 Å². The van der Waals surface area contributed by atoms with E-state index in [0.717, 1.165) is 5.75 Å². The molecule has 0 saturated heterocycles. The zero-order chi connectivity index (χ0) is 32.4. The van der Waals surface area contributed by atoms with E-state index in [0.29, 0.717) is 0 Å². The van der Waals surface area contributed by atoms with Gasteiger partial charge < -0.3 is 0 Å². The van der Waals surface area contributed by atoms with Gasteiger partial charge in [-0.1, -0.05) is 270 Å². The van der Waals surface area contributed by atoms with Crippen LogP contribution < -0.4 is 0 Å². The zero-order valence-electron chi connectivity index (χ0n) is 31.9. The first-order chi connectivity index (χ1) is 22.4.